The molecule has 1 aliphatic heterocycles. The molecule has 1 saturated heterocycles. The summed E-state index contributed by atoms with van der Waals surface area (Å²) in [5, 5.41) is 15.9. The van der Waals surface area contributed by atoms with Gasteiger partial charge in [0.1, 0.15) is 0 Å². The highest BCUT2D eigenvalue weighted by Gasteiger charge is 2.16. The molecule has 0 bridgehead atoms. The Labute approximate surface area is 145 Å². The van der Waals surface area contributed by atoms with Crippen LogP contribution < -0.4 is 5.32 Å². The van der Waals surface area contributed by atoms with E-state index in [0.717, 1.165) is 32.5 Å². The van der Waals surface area contributed by atoms with Crippen molar-refractivity contribution in [2.24, 2.45) is 5.92 Å². The SMILES string of the molecule is O=C(CCC1CCOCC1)Nc1ccccc1-n1ccc(C(=O)O)n1. The third kappa shape index (κ3) is 4.45. The molecule has 1 aliphatic rings. The minimum Gasteiger partial charge on any atom is -0.476 e. The van der Waals surface area contributed by atoms with Gasteiger partial charge in [-0.15, -0.1) is 0 Å². The van der Waals surface area contributed by atoms with Crippen molar-refractivity contribution in [3.05, 3.63) is 42.2 Å². The Morgan fingerprint density at radius 1 is 1.24 bits per heavy atom. The monoisotopic (exact) mass is 343 g/mol. The number of anilines is 1. The number of hydrogen-bond acceptors (Lipinski definition) is 4. The number of benzene rings is 1. The minimum absolute atomic E-state index is 0.0411. The number of carboxylic acids is 1. The minimum atomic E-state index is -1.09. The van der Waals surface area contributed by atoms with E-state index in [4.69, 9.17) is 9.84 Å². The molecule has 0 unspecified atom stereocenters. The van der Waals surface area contributed by atoms with Gasteiger partial charge in [0, 0.05) is 25.8 Å². The van der Waals surface area contributed by atoms with E-state index in [1.807, 2.05) is 12.1 Å². The maximum atomic E-state index is 12.3. The zero-order valence-electron chi connectivity index (χ0n) is 13.9. The van der Waals surface area contributed by atoms with E-state index >= 15 is 0 Å². The van der Waals surface area contributed by atoms with Crippen molar-refractivity contribution in [3.8, 4) is 5.69 Å². The van der Waals surface area contributed by atoms with Crippen molar-refractivity contribution in [2.45, 2.75) is 25.7 Å². The number of carbonyl (C=O) groups is 2. The van der Waals surface area contributed by atoms with Crippen LogP contribution >= 0.6 is 0 Å². The molecule has 1 amide bonds. The summed E-state index contributed by atoms with van der Waals surface area (Å²) in [5.41, 5.74) is 1.20. The second kappa shape index (κ2) is 7.94. The molecule has 0 aliphatic carbocycles. The Kier molecular flexibility index (Phi) is 5.45. The Morgan fingerprint density at radius 3 is 2.72 bits per heavy atom. The number of hydrogen-bond donors (Lipinski definition) is 2. The van der Waals surface area contributed by atoms with Crippen molar-refractivity contribution < 1.29 is 19.4 Å². The van der Waals surface area contributed by atoms with Gasteiger partial charge < -0.3 is 15.2 Å². The molecule has 0 saturated carbocycles. The highest BCUT2D eigenvalue weighted by Crippen LogP contribution is 2.22. The van der Waals surface area contributed by atoms with Crippen LogP contribution in [-0.2, 0) is 9.53 Å². The summed E-state index contributed by atoms with van der Waals surface area (Å²) < 4.78 is 6.79. The lowest BCUT2D eigenvalue weighted by atomic mass is 9.95. The third-order valence-corrected chi connectivity index (χ3v) is 4.35. The molecular weight excluding hydrogens is 322 g/mol. The van der Waals surface area contributed by atoms with Crippen LogP contribution in [0.4, 0.5) is 5.69 Å². The van der Waals surface area contributed by atoms with E-state index in [0.29, 0.717) is 23.7 Å². The van der Waals surface area contributed by atoms with Crippen LogP contribution in [-0.4, -0.2) is 40.0 Å². The summed E-state index contributed by atoms with van der Waals surface area (Å²) in [7, 11) is 0. The van der Waals surface area contributed by atoms with Crippen LogP contribution in [0.1, 0.15) is 36.2 Å². The lowest BCUT2D eigenvalue weighted by molar-refractivity contribution is -0.116. The van der Waals surface area contributed by atoms with Crippen LogP contribution in [0.15, 0.2) is 36.5 Å². The molecule has 7 nitrogen and oxygen atoms in total. The van der Waals surface area contributed by atoms with Crippen LogP contribution in [0, 0.1) is 5.92 Å². The smallest absolute Gasteiger partial charge is 0.356 e. The average Bonchev–Trinajstić information content (AvgIpc) is 3.12. The molecule has 2 aromatic rings. The number of aromatic nitrogens is 2. The number of nitrogens with zero attached hydrogens (tertiary/aromatic N) is 2. The normalized spacial score (nSPS) is 15.0. The molecule has 1 aromatic carbocycles. The summed E-state index contributed by atoms with van der Waals surface area (Å²) in [6, 6.07) is 8.62. The highest BCUT2D eigenvalue weighted by atomic mass is 16.5. The molecule has 0 radical (unpaired) electrons. The molecular formula is C18H21N3O4. The summed E-state index contributed by atoms with van der Waals surface area (Å²) in [6.07, 6.45) is 4.89. The fourth-order valence-electron chi connectivity index (χ4n) is 2.93. The zero-order valence-corrected chi connectivity index (χ0v) is 13.9. The standard InChI is InChI=1S/C18H21N3O4/c22-17(6-5-13-8-11-25-12-9-13)19-14-3-1-2-4-16(14)21-10-7-15(20-21)18(23)24/h1-4,7,10,13H,5-6,8-9,11-12H2,(H,19,22)(H,23,24). The molecule has 2 heterocycles. The van der Waals surface area contributed by atoms with Gasteiger partial charge in [0.05, 0.1) is 11.4 Å². The van der Waals surface area contributed by atoms with E-state index in [2.05, 4.69) is 10.4 Å². The number of aromatic carboxylic acids is 1. The maximum absolute atomic E-state index is 12.3. The molecule has 3 rings (SSSR count). The van der Waals surface area contributed by atoms with Crippen molar-refractivity contribution >= 4 is 17.6 Å². The van der Waals surface area contributed by atoms with Crippen molar-refractivity contribution in [3.63, 3.8) is 0 Å². The number of rotatable bonds is 6. The molecule has 2 N–H and O–H groups in total. The lowest BCUT2D eigenvalue weighted by Crippen LogP contribution is -2.19. The molecule has 1 fully saturated rings. The summed E-state index contributed by atoms with van der Waals surface area (Å²) in [4.78, 5) is 23.3. The largest absolute Gasteiger partial charge is 0.476 e. The summed E-state index contributed by atoms with van der Waals surface area (Å²) in [5.74, 6) is -0.597. The zero-order chi connectivity index (χ0) is 17.6. The van der Waals surface area contributed by atoms with Gasteiger partial charge in [0.25, 0.3) is 0 Å². The number of para-hydroxylation sites is 2. The number of nitrogens with one attached hydrogen (secondary N) is 1. The molecule has 1 aromatic heterocycles. The van der Waals surface area contributed by atoms with Crippen LogP contribution in [0.25, 0.3) is 5.69 Å². The lowest BCUT2D eigenvalue weighted by Gasteiger charge is -2.21. The van der Waals surface area contributed by atoms with Crippen molar-refractivity contribution in [2.75, 3.05) is 18.5 Å². The predicted octanol–water partition coefficient (Wildman–Crippen LogP) is 2.72. The summed E-state index contributed by atoms with van der Waals surface area (Å²) in [6.45, 7) is 1.56. The Balaban J connectivity index is 1.65. The van der Waals surface area contributed by atoms with Gasteiger partial charge in [0.2, 0.25) is 5.91 Å². The Hall–Kier alpha value is -2.67. The number of ether oxygens (including phenoxy) is 1. The first-order valence-corrected chi connectivity index (χ1v) is 8.39. The number of amides is 1. The first-order valence-electron chi connectivity index (χ1n) is 8.39. The molecule has 25 heavy (non-hydrogen) atoms. The van der Waals surface area contributed by atoms with Gasteiger partial charge in [0.15, 0.2) is 5.69 Å². The quantitative estimate of drug-likeness (QED) is 0.841. The van der Waals surface area contributed by atoms with Gasteiger partial charge in [-0.3, -0.25) is 4.79 Å². The first kappa shape index (κ1) is 17.2. The first-order chi connectivity index (χ1) is 12.1. The van der Waals surface area contributed by atoms with Crippen molar-refractivity contribution in [1.29, 1.82) is 0 Å². The van der Waals surface area contributed by atoms with Gasteiger partial charge >= 0.3 is 5.97 Å². The Bertz CT molecular complexity index is 750. The summed E-state index contributed by atoms with van der Waals surface area (Å²) >= 11 is 0. The van der Waals surface area contributed by atoms with E-state index in [1.54, 1.807) is 18.3 Å². The van der Waals surface area contributed by atoms with E-state index in [-0.39, 0.29) is 11.6 Å². The number of carboxylic acid groups (broad SMARTS) is 1. The highest BCUT2D eigenvalue weighted by molar-refractivity contribution is 5.92. The molecule has 0 atom stereocenters. The van der Waals surface area contributed by atoms with Gasteiger partial charge in [-0.1, -0.05) is 12.1 Å². The van der Waals surface area contributed by atoms with Crippen LogP contribution in [0.3, 0.4) is 0 Å². The fraction of sp³-hybridized carbons (Fsp3) is 0.389. The van der Waals surface area contributed by atoms with Crippen molar-refractivity contribution in [1.82, 2.24) is 9.78 Å². The van der Waals surface area contributed by atoms with Gasteiger partial charge in [-0.2, -0.15) is 5.10 Å². The molecule has 132 valence electrons. The van der Waals surface area contributed by atoms with E-state index in [9.17, 15) is 9.59 Å². The third-order valence-electron chi connectivity index (χ3n) is 4.35. The fourth-order valence-corrected chi connectivity index (χ4v) is 2.93. The Morgan fingerprint density at radius 2 is 2.00 bits per heavy atom. The predicted molar refractivity (Wildman–Crippen MR) is 91.9 cm³/mol. The van der Waals surface area contributed by atoms with E-state index in [1.165, 1.54) is 10.7 Å². The average molecular weight is 343 g/mol. The van der Waals surface area contributed by atoms with Gasteiger partial charge in [-0.05, 0) is 43.4 Å². The second-order valence-electron chi connectivity index (χ2n) is 6.11. The van der Waals surface area contributed by atoms with E-state index < -0.39 is 5.97 Å². The second-order valence-corrected chi connectivity index (χ2v) is 6.11. The topological polar surface area (TPSA) is 93.5 Å². The molecule has 7 heteroatoms. The maximum Gasteiger partial charge on any atom is 0.356 e. The number of carbonyl (C=O) groups excluding carboxylic acids is 1. The van der Waals surface area contributed by atoms with Gasteiger partial charge in [-0.25, -0.2) is 9.48 Å². The van der Waals surface area contributed by atoms with Crippen LogP contribution in [0.5, 0.6) is 0 Å². The molecule has 0 spiro atoms. The van der Waals surface area contributed by atoms with Crippen LogP contribution in [0.2, 0.25) is 0 Å².